The van der Waals surface area contributed by atoms with Gasteiger partial charge in [0, 0.05) is 17.7 Å². The number of nitrogens with zero attached hydrogens (tertiary/aromatic N) is 3. The maximum atomic E-state index is 10.9. The van der Waals surface area contributed by atoms with Gasteiger partial charge < -0.3 is 19.7 Å². The van der Waals surface area contributed by atoms with Crippen LogP contribution in [0.15, 0.2) is 54.6 Å². The molecule has 38 heavy (non-hydrogen) atoms. The smallest absolute Gasteiger partial charge is 0.167 e. The minimum Gasteiger partial charge on any atom is -0.507 e. The second-order valence-electron chi connectivity index (χ2n) is 9.39. The number of ether oxygens (including phenoxy) is 2. The number of hydrogen-bond donors (Lipinski definition) is 2. The zero-order valence-corrected chi connectivity index (χ0v) is 22.5. The Bertz CT molecular complexity index is 1330. The molecule has 0 aliphatic carbocycles. The van der Waals surface area contributed by atoms with E-state index >= 15 is 0 Å². The first-order valence-electron chi connectivity index (χ1n) is 13.2. The molecule has 0 atom stereocenters. The first-order valence-corrected chi connectivity index (χ1v) is 13.2. The Morgan fingerprint density at radius 2 is 1.05 bits per heavy atom. The van der Waals surface area contributed by atoms with Crippen LogP contribution in [0.1, 0.15) is 50.7 Å². The van der Waals surface area contributed by atoms with Gasteiger partial charge in [-0.1, -0.05) is 50.5 Å². The monoisotopic (exact) mass is 513 g/mol. The van der Waals surface area contributed by atoms with E-state index in [9.17, 15) is 10.2 Å². The summed E-state index contributed by atoms with van der Waals surface area (Å²) in [6.45, 7) is 9.40. The number of unbranched alkanes of at least 4 members (excludes halogenated alkanes) is 2. The third-order valence-electron chi connectivity index (χ3n) is 6.21. The van der Waals surface area contributed by atoms with Crippen molar-refractivity contribution in [2.45, 2.75) is 53.4 Å². The fraction of sp³-hybridized carbons (Fsp3) is 0.323. The Morgan fingerprint density at radius 3 is 1.47 bits per heavy atom. The lowest BCUT2D eigenvalue weighted by molar-refractivity contribution is 0.307. The summed E-state index contributed by atoms with van der Waals surface area (Å²) in [6, 6.07) is 16.3. The number of aryl methyl sites for hydroxylation is 2. The van der Waals surface area contributed by atoms with Gasteiger partial charge in [0.05, 0.1) is 24.3 Å². The SMILES string of the molecule is CCCCOc1ccc(-c2nc(-c3ccc(C)cc3C)nc(-c3ccc(OCCCC)cc3O)n2)c(O)c1. The molecule has 0 spiro atoms. The van der Waals surface area contributed by atoms with Crippen LogP contribution in [-0.2, 0) is 0 Å². The summed E-state index contributed by atoms with van der Waals surface area (Å²) in [5.41, 5.74) is 3.89. The molecule has 0 aliphatic heterocycles. The molecule has 0 saturated carbocycles. The van der Waals surface area contributed by atoms with Gasteiger partial charge in [0.15, 0.2) is 17.5 Å². The molecule has 0 saturated heterocycles. The lowest BCUT2D eigenvalue weighted by atomic mass is 10.0. The van der Waals surface area contributed by atoms with Gasteiger partial charge in [-0.3, -0.25) is 0 Å². The van der Waals surface area contributed by atoms with E-state index < -0.39 is 0 Å². The standard InChI is InChI=1S/C31H35N3O4/c1-5-7-15-37-22-10-13-25(27(35)18-22)30-32-29(24-12-9-20(3)17-21(24)4)33-31(34-30)26-14-11-23(19-28(26)36)38-16-8-6-2/h9-14,17-19,35-36H,5-8,15-16H2,1-4H3. The molecule has 198 valence electrons. The molecule has 0 radical (unpaired) electrons. The van der Waals surface area contributed by atoms with Crippen molar-refractivity contribution in [2.24, 2.45) is 0 Å². The van der Waals surface area contributed by atoms with Crippen molar-refractivity contribution >= 4 is 0 Å². The van der Waals surface area contributed by atoms with Crippen molar-refractivity contribution < 1.29 is 19.7 Å². The summed E-state index contributed by atoms with van der Waals surface area (Å²) in [6.07, 6.45) is 3.92. The van der Waals surface area contributed by atoms with Crippen LogP contribution >= 0.6 is 0 Å². The van der Waals surface area contributed by atoms with E-state index in [0.29, 0.717) is 53.3 Å². The molecule has 4 rings (SSSR count). The summed E-state index contributed by atoms with van der Waals surface area (Å²) in [4.78, 5) is 14.1. The van der Waals surface area contributed by atoms with Gasteiger partial charge in [-0.15, -0.1) is 0 Å². The third kappa shape index (κ3) is 6.40. The second kappa shape index (κ2) is 12.4. The molecular weight excluding hydrogens is 478 g/mol. The van der Waals surface area contributed by atoms with Crippen LogP contribution in [0, 0.1) is 13.8 Å². The van der Waals surface area contributed by atoms with Crippen molar-refractivity contribution in [3.8, 4) is 57.2 Å². The van der Waals surface area contributed by atoms with Crippen LogP contribution in [0.25, 0.3) is 34.2 Å². The zero-order chi connectivity index (χ0) is 27.1. The van der Waals surface area contributed by atoms with Gasteiger partial charge in [-0.2, -0.15) is 0 Å². The molecule has 7 heteroatoms. The van der Waals surface area contributed by atoms with Crippen LogP contribution < -0.4 is 9.47 Å². The molecule has 0 aliphatic rings. The predicted octanol–water partition coefficient (Wildman–Crippen LogP) is 7.26. The number of aromatic hydroxyl groups is 2. The predicted molar refractivity (Wildman–Crippen MR) is 150 cm³/mol. The van der Waals surface area contributed by atoms with E-state index in [1.807, 2.05) is 26.0 Å². The lowest BCUT2D eigenvalue weighted by Crippen LogP contribution is -2.02. The first-order chi connectivity index (χ1) is 18.4. The van der Waals surface area contributed by atoms with Crippen LogP contribution in [0.4, 0.5) is 0 Å². The number of phenols is 2. The largest absolute Gasteiger partial charge is 0.507 e. The van der Waals surface area contributed by atoms with Gasteiger partial charge in [-0.25, -0.2) is 15.0 Å². The quantitative estimate of drug-likeness (QED) is 0.204. The van der Waals surface area contributed by atoms with Crippen molar-refractivity contribution in [3.63, 3.8) is 0 Å². The Balaban J connectivity index is 1.79. The van der Waals surface area contributed by atoms with Crippen LogP contribution in [0.2, 0.25) is 0 Å². The van der Waals surface area contributed by atoms with E-state index in [4.69, 9.17) is 19.4 Å². The zero-order valence-electron chi connectivity index (χ0n) is 22.5. The molecule has 3 aromatic carbocycles. The van der Waals surface area contributed by atoms with Gasteiger partial charge in [-0.05, 0) is 56.5 Å². The molecule has 0 bridgehead atoms. The fourth-order valence-electron chi connectivity index (χ4n) is 4.05. The highest BCUT2D eigenvalue weighted by Gasteiger charge is 2.18. The number of rotatable bonds is 11. The van der Waals surface area contributed by atoms with E-state index in [-0.39, 0.29) is 11.5 Å². The average molecular weight is 514 g/mol. The van der Waals surface area contributed by atoms with Crippen LogP contribution in [0.5, 0.6) is 23.0 Å². The van der Waals surface area contributed by atoms with Gasteiger partial charge in [0.25, 0.3) is 0 Å². The summed E-state index contributed by atoms with van der Waals surface area (Å²) in [5.74, 6) is 2.22. The Kier molecular flexibility index (Phi) is 8.79. The Morgan fingerprint density at radius 1 is 0.605 bits per heavy atom. The molecule has 0 fully saturated rings. The number of benzene rings is 3. The topological polar surface area (TPSA) is 97.6 Å². The summed E-state index contributed by atoms with van der Waals surface area (Å²) < 4.78 is 11.5. The molecule has 0 unspecified atom stereocenters. The van der Waals surface area contributed by atoms with Crippen molar-refractivity contribution in [3.05, 3.63) is 65.7 Å². The normalized spacial score (nSPS) is 10.9. The Labute approximate surface area is 224 Å². The number of phenolic OH excluding ortho intramolecular Hbond substituents is 2. The minimum absolute atomic E-state index is 0.00613. The summed E-state index contributed by atoms with van der Waals surface area (Å²) in [7, 11) is 0. The maximum Gasteiger partial charge on any atom is 0.167 e. The fourth-order valence-corrected chi connectivity index (χ4v) is 4.05. The first kappa shape index (κ1) is 26.9. The van der Waals surface area contributed by atoms with Crippen molar-refractivity contribution in [1.29, 1.82) is 0 Å². The molecule has 1 heterocycles. The highest BCUT2D eigenvalue weighted by Crippen LogP contribution is 2.36. The number of aromatic nitrogens is 3. The van der Waals surface area contributed by atoms with Gasteiger partial charge >= 0.3 is 0 Å². The van der Waals surface area contributed by atoms with E-state index in [1.165, 1.54) is 0 Å². The summed E-state index contributed by atoms with van der Waals surface area (Å²) >= 11 is 0. The average Bonchev–Trinajstić information content (AvgIpc) is 2.89. The number of hydrogen-bond acceptors (Lipinski definition) is 7. The molecule has 1 aromatic heterocycles. The third-order valence-corrected chi connectivity index (χ3v) is 6.21. The van der Waals surface area contributed by atoms with Crippen LogP contribution in [0.3, 0.4) is 0 Å². The van der Waals surface area contributed by atoms with Gasteiger partial charge in [0.2, 0.25) is 0 Å². The second-order valence-corrected chi connectivity index (χ2v) is 9.39. The van der Waals surface area contributed by atoms with E-state index in [0.717, 1.165) is 42.4 Å². The molecule has 4 aromatic rings. The van der Waals surface area contributed by atoms with Crippen LogP contribution in [-0.4, -0.2) is 38.4 Å². The molecule has 0 amide bonds. The lowest BCUT2D eigenvalue weighted by Gasteiger charge is -2.13. The minimum atomic E-state index is 0.00613. The molecule has 2 N–H and O–H groups in total. The molecule has 7 nitrogen and oxygen atoms in total. The Hall–Kier alpha value is -4.13. The maximum absolute atomic E-state index is 10.9. The van der Waals surface area contributed by atoms with E-state index in [2.05, 4.69) is 24.9 Å². The van der Waals surface area contributed by atoms with Gasteiger partial charge in [0.1, 0.15) is 23.0 Å². The highest BCUT2D eigenvalue weighted by atomic mass is 16.5. The van der Waals surface area contributed by atoms with Crippen molar-refractivity contribution in [1.82, 2.24) is 15.0 Å². The summed E-state index contributed by atoms with van der Waals surface area (Å²) in [5, 5.41) is 21.7. The highest BCUT2D eigenvalue weighted by molar-refractivity contribution is 5.73. The molecular formula is C31H35N3O4. The van der Waals surface area contributed by atoms with E-state index in [1.54, 1.807) is 36.4 Å². The van der Waals surface area contributed by atoms with Crippen molar-refractivity contribution in [2.75, 3.05) is 13.2 Å².